The van der Waals surface area contributed by atoms with Gasteiger partial charge in [0.05, 0.1) is 23.9 Å². The molecule has 0 saturated carbocycles. The fraction of sp³-hybridized carbons (Fsp3) is 0.192. The maximum Gasteiger partial charge on any atom is 0.176 e. The van der Waals surface area contributed by atoms with Crippen molar-refractivity contribution in [2.45, 2.75) is 18.4 Å². The van der Waals surface area contributed by atoms with E-state index in [-0.39, 0.29) is 16.8 Å². The lowest BCUT2D eigenvalue weighted by atomic mass is 9.77. The van der Waals surface area contributed by atoms with Crippen LogP contribution in [-0.4, -0.2) is 18.4 Å². The number of nitrogens with one attached hydrogen (secondary N) is 1. The first-order valence-corrected chi connectivity index (χ1v) is 10.7. The summed E-state index contributed by atoms with van der Waals surface area (Å²) in [4.78, 5) is 4.56. The molecule has 1 aliphatic carbocycles. The summed E-state index contributed by atoms with van der Waals surface area (Å²) in [6.45, 7) is 0. The van der Waals surface area contributed by atoms with E-state index < -0.39 is 0 Å². The van der Waals surface area contributed by atoms with Crippen LogP contribution < -0.4 is 10.1 Å². The van der Waals surface area contributed by atoms with E-state index in [1.165, 1.54) is 23.9 Å². The molecular formula is C26H23ClN2O2. The molecule has 0 aromatic heterocycles. The second-order valence-electron chi connectivity index (χ2n) is 7.97. The SMILES string of the molecule is COc1cc(C=Nc2ccc([C@@H]3Nc4ccccc4[C@H]4C=CC[C@@H]43)cc2)cc(Cl)c1O. The Labute approximate surface area is 186 Å². The maximum absolute atomic E-state index is 9.88. The van der Waals surface area contributed by atoms with E-state index in [0.29, 0.717) is 17.6 Å². The first-order valence-electron chi connectivity index (χ1n) is 10.4. The monoisotopic (exact) mass is 430 g/mol. The third-order valence-corrected chi connectivity index (χ3v) is 6.45. The number of rotatable bonds is 4. The highest BCUT2D eigenvalue weighted by molar-refractivity contribution is 6.32. The highest BCUT2D eigenvalue weighted by atomic mass is 35.5. The molecule has 3 aromatic carbocycles. The molecule has 5 heteroatoms. The zero-order valence-electron chi connectivity index (χ0n) is 17.1. The summed E-state index contributed by atoms with van der Waals surface area (Å²) >= 11 is 6.06. The van der Waals surface area contributed by atoms with Crippen LogP contribution in [-0.2, 0) is 0 Å². The lowest BCUT2D eigenvalue weighted by Crippen LogP contribution is -2.28. The summed E-state index contributed by atoms with van der Waals surface area (Å²) in [7, 11) is 1.49. The molecule has 0 unspecified atom stereocenters. The molecule has 0 saturated heterocycles. The van der Waals surface area contributed by atoms with Gasteiger partial charge in [-0.25, -0.2) is 0 Å². The van der Waals surface area contributed by atoms with Crippen LogP contribution in [0.25, 0.3) is 0 Å². The largest absolute Gasteiger partial charge is 0.503 e. The number of hydrogen-bond donors (Lipinski definition) is 2. The van der Waals surface area contributed by atoms with Crippen molar-refractivity contribution in [1.29, 1.82) is 0 Å². The highest BCUT2D eigenvalue weighted by Crippen LogP contribution is 2.49. The number of phenolic OH excluding ortho intramolecular Hbond substituents is 1. The molecule has 0 radical (unpaired) electrons. The Bertz CT molecular complexity index is 1170. The Morgan fingerprint density at radius 2 is 1.94 bits per heavy atom. The molecule has 156 valence electrons. The van der Waals surface area contributed by atoms with Gasteiger partial charge >= 0.3 is 0 Å². The maximum atomic E-state index is 9.88. The molecule has 2 aliphatic rings. The van der Waals surface area contributed by atoms with Gasteiger partial charge in [0.15, 0.2) is 11.5 Å². The smallest absolute Gasteiger partial charge is 0.176 e. The number of halogens is 1. The number of aliphatic imine (C=N–C) groups is 1. The molecule has 4 nitrogen and oxygen atoms in total. The lowest BCUT2D eigenvalue weighted by Gasteiger charge is -2.37. The van der Waals surface area contributed by atoms with Gasteiger partial charge in [0.1, 0.15) is 0 Å². The minimum atomic E-state index is -0.0630. The van der Waals surface area contributed by atoms with E-state index in [0.717, 1.165) is 17.7 Å². The van der Waals surface area contributed by atoms with E-state index in [1.54, 1.807) is 18.3 Å². The van der Waals surface area contributed by atoms with Gasteiger partial charge in [-0.1, -0.05) is 54.1 Å². The van der Waals surface area contributed by atoms with Gasteiger partial charge in [-0.2, -0.15) is 0 Å². The molecule has 0 spiro atoms. The van der Waals surface area contributed by atoms with Gasteiger partial charge < -0.3 is 15.2 Å². The van der Waals surface area contributed by atoms with Gasteiger partial charge in [0, 0.05) is 17.8 Å². The van der Waals surface area contributed by atoms with Crippen LogP contribution in [0.4, 0.5) is 11.4 Å². The molecule has 0 bridgehead atoms. The number of benzene rings is 3. The molecule has 1 aliphatic heterocycles. The van der Waals surface area contributed by atoms with E-state index >= 15 is 0 Å². The first kappa shape index (κ1) is 19.7. The summed E-state index contributed by atoms with van der Waals surface area (Å²) in [5, 5.41) is 13.9. The lowest BCUT2D eigenvalue weighted by molar-refractivity contribution is 0.373. The highest BCUT2D eigenvalue weighted by Gasteiger charge is 2.37. The van der Waals surface area contributed by atoms with Crippen molar-refractivity contribution in [3.8, 4) is 11.5 Å². The number of methoxy groups -OCH3 is 1. The average molecular weight is 431 g/mol. The Morgan fingerprint density at radius 1 is 1.13 bits per heavy atom. The summed E-state index contributed by atoms with van der Waals surface area (Å²) in [5.74, 6) is 1.25. The number of hydrogen-bond acceptors (Lipinski definition) is 4. The van der Waals surface area contributed by atoms with Crippen LogP contribution >= 0.6 is 11.6 Å². The van der Waals surface area contributed by atoms with Crippen molar-refractivity contribution < 1.29 is 9.84 Å². The van der Waals surface area contributed by atoms with Crippen molar-refractivity contribution in [2.24, 2.45) is 10.9 Å². The minimum absolute atomic E-state index is 0.0630. The number of allylic oxidation sites excluding steroid dienone is 2. The standard InChI is InChI=1S/C26H23ClN2O2/c1-31-24-14-16(13-22(27)26(24)30)15-28-18-11-9-17(10-12-18)25-21-7-4-6-19(21)20-5-2-3-8-23(20)29-25/h2-6,8-15,19,21,25,29-30H,7H2,1H3/t19-,21+,25+/m1/s1. The molecule has 31 heavy (non-hydrogen) atoms. The quantitative estimate of drug-likeness (QED) is 0.360. The van der Waals surface area contributed by atoms with Gasteiger partial charge in [-0.05, 0) is 59.4 Å². The molecule has 3 atom stereocenters. The number of phenols is 1. The second kappa shape index (κ2) is 8.12. The van der Waals surface area contributed by atoms with Crippen LogP contribution in [0, 0.1) is 5.92 Å². The van der Waals surface area contributed by atoms with Gasteiger partial charge in [-0.15, -0.1) is 0 Å². The van der Waals surface area contributed by atoms with Crippen molar-refractivity contribution in [2.75, 3.05) is 12.4 Å². The normalized spacial score (nSPS) is 21.5. The number of para-hydroxylation sites is 1. The average Bonchev–Trinajstić information content (AvgIpc) is 3.30. The molecule has 1 heterocycles. The van der Waals surface area contributed by atoms with E-state index in [1.807, 2.05) is 12.1 Å². The predicted octanol–water partition coefficient (Wildman–Crippen LogP) is 6.63. The Balaban J connectivity index is 1.37. The van der Waals surface area contributed by atoms with Crippen molar-refractivity contribution in [3.05, 3.63) is 94.5 Å². The molecule has 0 fully saturated rings. The fourth-order valence-corrected chi connectivity index (χ4v) is 4.83. The van der Waals surface area contributed by atoms with Crippen LogP contribution in [0.5, 0.6) is 11.5 Å². The third-order valence-electron chi connectivity index (χ3n) is 6.16. The molecule has 2 N–H and O–H groups in total. The molecule has 3 aromatic rings. The van der Waals surface area contributed by atoms with Crippen molar-refractivity contribution in [1.82, 2.24) is 0 Å². The van der Waals surface area contributed by atoms with Crippen molar-refractivity contribution >= 4 is 29.2 Å². The Morgan fingerprint density at radius 3 is 2.74 bits per heavy atom. The number of aromatic hydroxyl groups is 1. The van der Waals surface area contributed by atoms with Gasteiger partial charge in [0.25, 0.3) is 0 Å². The molecular weight excluding hydrogens is 408 g/mol. The van der Waals surface area contributed by atoms with Gasteiger partial charge in [-0.3, -0.25) is 4.99 Å². The second-order valence-corrected chi connectivity index (χ2v) is 8.37. The van der Waals surface area contributed by atoms with Crippen LogP contribution in [0.3, 0.4) is 0 Å². The van der Waals surface area contributed by atoms with E-state index in [4.69, 9.17) is 16.3 Å². The molecule has 5 rings (SSSR count). The summed E-state index contributed by atoms with van der Waals surface area (Å²) in [6, 6.07) is 20.6. The number of fused-ring (bicyclic) bond motifs is 3. The van der Waals surface area contributed by atoms with Crippen LogP contribution in [0.15, 0.2) is 77.8 Å². The van der Waals surface area contributed by atoms with E-state index in [9.17, 15) is 5.11 Å². The Hall–Kier alpha value is -3.24. The summed E-state index contributed by atoms with van der Waals surface area (Å²) in [5.41, 5.74) is 5.49. The number of anilines is 1. The predicted molar refractivity (Wildman–Crippen MR) is 126 cm³/mol. The topological polar surface area (TPSA) is 53.8 Å². The van der Waals surface area contributed by atoms with Crippen molar-refractivity contribution in [3.63, 3.8) is 0 Å². The van der Waals surface area contributed by atoms with E-state index in [2.05, 4.69) is 58.9 Å². The summed E-state index contributed by atoms with van der Waals surface area (Å²) < 4.78 is 5.15. The van der Waals surface area contributed by atoms with Crippen LogP contribution in [0.2, 0.25) is 5.02 Å². The first-order chi connectivity index (χ1) is 15.1. The number of nitrogens with zero attached hydrogens (tertiary/aromatic N) is 1. The number of ether oxygens (including phenoxy) is 1. The Kier molecular flexibility index (Phi) is 5.16. The van der Waals surface area contributed by atoms with Gasteiger partial charge in [0.2, 0.25) is 0 Å². The third kappa shape index (κ3) is 3.68. The molecule has 0 amide bonds. The van der Waals surface area contributed by atoms with Crippen LogP contribution in [0.1, 0.15) is 35.1 Å². The zero-order chi connectivity index (χ0) is 21.4. The zero-order valence-corrected chi connectivity index (χ0v) is 17.9. The summed E-state index contributed by atoms with van der Waals surface area (Å²) in [6.07, 6.45) is 7.46. The fourth-order valence-electron chi connectivity index (χ4n) is 4.61. The minimum Gasteiger partial charge on any atom is -0.503 e.